The minimum absolute atomic E-state index is 0.0367. The Hall–Kier alpha value is -2.75. The normalized spacial score (nSPS) is 13.1. The summed E-state index contributed by atoms with van der Waals surface area (Å²) in [6.07, 6.45) is 0.467. The molecule has 0 aromatic heterocycles. The summed E-state index contributed by atoms with van der Waals surface area (Å²) in [7, 11) is 3.30. The number of carbonyl (C=O) groups is 1. The van der Waals surface area contributed by atoms with E-state index in [2.05, 4.69) is 0 Å². The van der Waals surface area contributed by atoms with Crippen LogP contribution in [-0.4, -0.2) is 20.0 Å². The van der Waals surface area contributed by atoms with Crippen molar-refractivity contribution in [2.75, 3.05) is 14.2 Å². The van der Waals surface area contributed by atoms with E-state index >= 15 is 0 Å². The first-order valence-corrected chi connectivity index (χ1v) is 11.3. The van der Waals surface area contributed by atoms with Gasteiger partial charge in [-0.3, -0.25) is 4.79 Å². The number of rotatable bonds is 8. The molecule has 0 radical (unpaired) electrons. The van der Waals surface area contributed by atoms with Crippen molar-refractivity contribution in [3.8, 4) is 11.5 Å². The zero-order chi connectivity index (χ0) is 22.7. The summed E-state index contributed by atoms with van der Waals surface area (Å²) < 4.78 is 10.5. The maximum absolute atomic E-state index is 12.7. The summed E-state index contributed by atoms with van der Waals surface area (Å²) in [4.78, 5) is 12.7. The number of hydrogen-bond donors (Lipinski definition) is 0. The molecule has 2 unspecified atom stereocenters. The van der Waals surface area contributed by atoms with Crippen molar-refractivity contribution < 1.29 is 14.3 Å². The second-order valence-electron chi connectivity index (χ2n) is 7.83. The number of benzene rings is 4. The Bertz CT molecular complexity index is 1170. The lowest BCUT2D eigenvalue weighted by Gasteiger charge is -2.14. The molecule has 4 aromatic carbocycles. The molecule has 0 aliphatic carbocycles. The lowest BCUT2D eigenvalue weighted by atomic mass is 9.98. The Morgan fingerprint density at radius 3 is 1.44 bits per heavy atom. The summed E-state index contributed by atoms with van der Waals surface area (Å²) >= 11 is 13.2. The average molecular weight is 467 g/mol. The smallest absolute Gasteiger partial charge is 0.136 e. The van der Waals surface area contributed by atoms with Crippen LogP contribution in [-0.2, 0) is 4.79 Å². The van der Waals surface area contributed by atoms with Crippen molar-refractivity contribution in [3.05, 3.63) is 83.9 Å². The largest absolute Gasteiger partial charge is 0.497 e. The quantitative estimate of drug-likeness (QED) is 0.250. The van der Waals surface area contributed by atoms with E-state index in [9.17, 15) is 4.79 Å². The molecular weight excluding hydrogens is 443 g/mol. The predicted octanol–water partition coefficient (Wildman–Crippen LogP) is 7.62. The molecule has 0 aliphatic rings. The van der Waals surface area contributed by atoms with Gasteiger partial charge in [-0.15, -0.1) is 23.2 Å². The van der Waals surface area contributed by atoms with E-state index in [4.69, 9.17) is 32.7 Å². The summed E-state index contributed by atoms with van der Waals surface area (Å²) in [5, 5.41) is 3.45. The number of hydrogen-bond acceptors (Lipinski definition) is 3. The highest BCUT2D eigenvalue weighted by Gasteiger charge is 2.18. The first-order valence-electron chi connectivity index (χ1n) is 10.4. The van der Waals surface area contributed by atoms with Crippen LogP contribution in [0.2, 0.25) is 0 Å². The highest BCUT2D eigenvalue weighted by molar-refractivity contribution is 6.23. The molecular formula is C27H24Cl2O3. The fourth-order valence-electron chi connectivity index (χ4n) is 3.85. The third-order valence-corrected chi connectivity index (χ3v) is 6.49. The van der Waals surface area contributed by atoms with Crippen LogP contribution in [0.3, 0.4) is 0 Å². The van der Waals surface area contributed by atoms with Crippen molar-refractivity contribution >= 4 is 50.5 Å². The number of alkyl halides is 2. The van der Waals surface area contributed by atoms with Gasteiger partial charge in [0.1, 0.15) is 17.3 Å². The fourth-order valence-corrected chi connectivity index (χ4v) is 4.46. The molecule has 2 atom stereocenters. The molecule has 0 amide bonds. The predicted molar refractivity (Wildman–Crippen MR) is 132 cm³/mol. The molecule has 0 bridgehead atoms. The summed E-state index contributed by atoms with van der Waals surface area (Å²) in [5.41, 5.74) is 1.84. The Labute approximate surface area is 197 Å². The molecule has 4 aromatic rings. The summed E-state index contributed by atoms with van der Waals surface area (Å²) in [5.74, 6) is 1.65. The fraction of sp³-hybridized carbons (Fsp3) is 0.222. The highest BCUT2D eigenvalue weighted by Crippen LogP contribution is 2.33. The second-order valence-corrected chi connectivity index (χ2v) is 8.88. The number of ether oxygens (including phenoxy) is 2. The van der Waals surface area contributed by atoms with Gasteiger partial charge in [-0.05, 0) is 69.1 Å². The Morgan fingerprint density at radius 1 is 0.656 bits per heavy atom. The van der Waals surface area contributed by atoms with Crippen LogP contribution in [0.4, 0.5) is 0 Å². The molecule has 32 heavy (non-hydrogen) atoms. The maximum Gasteiger partial charge on any atom is 0.136 e. The topological polar surface area (TPSA) is 35.5 Å². The van der Waals surface area contributed by atoms with Crippen LogP contribution in [0.1, 0.15) is 34.7 Å². The van der Waals surface area contributed by atoms with Crippen molar-refractivity contribution in [2.45, 2.75) is 23.6 Å². The summed E-state index contributed by atoms with van der Waals surface area (Å²) in [6, 6.07) is 23.7. The SMILES string of the molecule is COc1ccc2cc(C(Cl)CC(=O)CC(Cl)c3ccc4cc(OC)ccc4c3)ccc2c1. The zero-order valence-corrected chi connectivity index (χ0v) is 19.5. The van der Waals surface area contributed by atoms with E-state index in [1.807, 2.05) is 72.8 Å². The molecule has 4 rings (SSSR count). The van der Waals surface area contributed by atoms with Gasteiger partial charge >= 0.3 is 0 Å². The number of fused-ring (bicyclic) bond motifs is 2. The lowest BCUT2D eigenvalue weighted by molar-refractivity contribution is -0.119. The highest BCUT2D eigenvalue weighted by atomic mass is 35.5. The minimum atomic E-state index is -0.401. The Balaban J connectivity index is 1.42. The van der Waals surface area contributed by atoms with Gasteiger partial charge in [0.25, 0.3) is 0 Å². The standard InChI is InChI=1S/C27H24Cl2O3/c1-31-24-9-7-17-11-21(5-3-19(17)13-24)26(28)15-23(30)16-27(29)22-6-4-20-14-25(32-2)10-8-18(20)12-22/h3-14,26-27H,15-16H2,1-2H3. The van der Waals surface area contributed by atoms with Gasteiger partial charge in [0.2, 0.25) is 0 Å². The van der Waals surface area contributed by atoms with Crippen LogP contribution in [0.15, 0.2) is 72.8 Å². The molecule has 0 aliphatic heterocycles. The Kier molecular flexibility index (Phi) is 6.88. The van der Waals surface area contributed by atoms with Crippen molar-refractivity contribution in [3.63, 3.8) is 0 Å². The molecule has 0 spiro atoms. The molecule has 0 N–H and O–H groups in total. The summed E-state index contributed by atoms with van der Waals surface area (Å²) in [6.45, 7) is 0. The molecule has 3 nitrogen and oxygen atoms in total. The van der Waals surface area contributed by atoms with E-state index in [0.717, 1.165) is 44.2 Å². The van der Waals surface area contributed by atoms with E-state index in [0.29, 0.717) is 0 Å². The molecule has 0 heterocycles. The number of halogens is 2. The molecule has 164 valence electrons. The molecule has 0 saturated heterocycles. The van der Waals surface area contributed by atoms with Crippen LogP contribution < -0.4 is 9.47 Å². The van der Waals surface area contributed by atoms with Crippen LogP contribution >= 0.6 is 23.2 Å². The maximum atomic E-state index is 12.7. The average Bonchev–Trinajstić information content (AvgIpc) is 2.82. The molecule has 5 heteroatoms. The van der Waals surface area contributed by atoms with E-state index < -0.39 is 10.8 Å². The van der Waals surface area contributed by atoms with Crippen LogP contribution in [0, 0.1) is 0 Å². The minimum Gasteiger partial charge on any atom is -0.497 e. The number of Topliss-reactive ketones (excluding diaryl/α,β-unsaturated/α-hetero) is 1. The number of methoxy groups -OCH3 is 2. The van der Waals surface area contributed by atoms with E-state index in [1.165, 1.54) is 0 Å². The molecule has 0 saturated carbocycles. The zero-order valence-electron chi connectivity index (χ0n) is 18.0. The number of ketones is 1. The Morgan fingerprint density at radius 2 is 1.03 bits per heavy atom. The molecule has 0 fully saturated rings. The van der Waals surface area contributed by atoms with Gasteiger partial charge in [-0.25, -0.2) is 0 Å². The van der Waals surface area contributed by atoms with Crippen LogP contribution in [0.25, 0.3) is 21.5 Å². The van der Waals surface area contributed by atoms with E-state index in [1.54, 1.807) is 14.2 Å². The van der Waals surface area contributed by atoms with E-state index in [-0.39, 0.29) is 18.6 Å². The lowest BCUT2D eigenvalue weighted by Crippen LogP contribution is -2.06. The monoisotopic (exact) mass is 466 g/mol. The van der Waals surface area contributed by atoms with Gasteiger partial charge in [0.05, 0.1) is 25.0 Å². The van der Waals surface area contributed by atoms with Gasteiger partial charge in [-0.2, -0.15) is 0 Å². The third kappa shape index (κ3) is 5.01. The number of carbonyl (C=O) groups excluding carboxylic acids is 1. The first kappa shape index (κ1) is 22.4. The van der Waals surface area contributed by atoms with Crippen molar-refractivity contribution in [1.29, 1.82) is 0 Å². The van der Waals surface area contributed by atoms with Gasteiger partial charge in [-0.1, -0.05) is 36.4 Å². The van der Waals surface area contributed by atoms with Crippen molar-refractivity contribution in [2.24, 2.45) is 0 Å². The second kappa shape index (κ2) is 9.81. The van der Waals surface area contributed by atoms with Crippen molar-refractivity contribution in [1.82, 2.24) is 0 Å². The van der Waals surface area contributed by atoms with Gasteiger partial charge in [0, 0.05) is 12.8 Å². The van der Waals surface area contributed by atoms with Gasteiger partial charge < -0.3 is 9.47 Å². The van der Waals surface area contributed by atoms with Crippen LogP contribution in [0.5, 0.6) is 11.5 Å². The third-order valence-electron chi connectivity index (χ3n) is 5.68. The van der Waals surface area contributed by atoms with Gasteiger partial charge in [0.15, 0.2) is 0 Å². The first-order chi connectivity index (χ1) is 15.5.